The number of rotatable bonds is 5. The van der Waals surface area contributed by atoms with Crippen LogP contribution in [0.2, 0.25) is 0 Å². The Hall–Kier alpha value is -5.02. The zero-order valence-electron chi connectivity index (χ0n) is 23.6. The van der Waals surface area contributed by atoms with Gasteiger partial charge in [-0.1, -0.05) is 121 Å². The van der Waals surface area contributed by atoms with Crippen LogP contribution in [0, 0.1) is 0 Å². The molecule has 41 heavy (non-hydrogen) atoms. The lowest BCUT2D eigenvalue weighted by Crippen LogP contribution is -2.40. The maximum Gasteiger partial charge on any atom is 0.252 e. The molecule has 0 bridgehead atoms. The number of nitrogens with one attached hydrogen (secondary N) is 1. The van der Waals surface area contributed by atoms with Gasteiger partial charge in [-0.05, 0) is 54.7 Å². The minimum Gasteiger partial charge on any atom is -0.347 e. The maximum atomic E-state index is 14.0. The fourth-order valence-corrected chi connectivity index (χ4v) is 5.56. The molecule has 0 aliphatic rings. The summed E-state index contributed by atoms with van der Waals surface area (Å²) in [6.07, 6.45) is 1.76. The highest BCUT2D eigenvalue weighted by molar-refractivity contribution is 6.22. The lowest BCUT2D eigenvalue weighted by molar-refractivity contribution is 0.0921. The van der Waals surface area contributed by atoms with Crippen LogP contribution in [0.25, 0.3) is 55.4 Å². The Balaban J connectivity index is 1.90. The Bertz CT molecular complexity index is 1820. The molecule has 1 N–H and O–H groups in total. The van der Waals surface area contributed by atoms with Crippen molar-refractivity contribution in [3.05, 3.63) is 139 Å². The van der Waals surface area contributed by atoms with Crippen LogP contribution < -0.4 is 5.32 Å². The Morgan fingerprint density at radius 3 is 1.37 bits per heavy atom. The number of pyridine rings is 1. The summed E-state index contributed by atoms with van der Waals surface area (Å²) in [4.78, 5) is 19.0. The van der Waals surface area contributed by atoms with E-state index < -0.39 is 5.54 Å². The van der Waals surface area contributed by atoms with E-state index in [1.54, 1.807) is 6.20 Å². The van der Waals surface area contributed by atoms with Crippen LogP contribution in [0.15, 0.2) is 134 Å². The van der Waals surface area contributed by atoms with Crippen LogP contribution >= 0.6 is 0 Å². The topological polar surface area (TPSA) is 42.0 Å². The molecule has 0 aliphatic heterocycles. The molecule has 0 fully saturated rings. The highest BCUT2D eigenvalue weighted by Gasteiger charge is 2.28. The second-order valence-corrected chi connectivity index (χ2v) is 11.3. The number of hydrogen-bond donors (Lipinski definition) is 1. The summed E-state index contributed by atoms with van der Waals surface area (Å²) in [6.45, 7) is 6.01. The number of amides is 1. The van der Waals surface area contributed by atoms with Crippen molar-refractivity contribution in [3.8, 4) is 44.5 Å². The van der Waals surface area contributed by atoms with Gasteiger partial charge in [-0.15, -0.1) is 0 Å². The van der Waals surface area contributed by atoms with E-state index in [2.05, 4.69) is 102 Å². The van der Waals surface area contributed by atoms with Gasteiger partial charge in [0, 0.05) is 33.8 Å². The maximum absolute atomic E-state index is 14.0. The molecular formula is C38H32N2O. The summed E-state index contributed by atoms with van der Waals surface area (Å²) in [5, 5.41) is 4.05. The molecule has 200 valence electrons. The van der Waals surface area contributed by atoms with Crippen LogP contribution in [0.1, 0.15) is 31.1 Å². The number of aromatic nitrogens is 1. The van der Waals surface area contributed by atoms with E-state index in [4.69, 9.17) is 4.98 Å². The molecule has 1 heterocycles. The van der Waals surface area contributed by atoms with E-state index in [0.29, 0.717) is 5.56 Å². The van der Waals surface area contributed by atoms with E-state index in [1.807, 2.05) is 51.1 Å². The van der Waals surface area contributed by atoms with Gasteiger partial charge in [-0.2, -0.15) is 0 Å². The second kappa shape index (κ2) is 10.9. The fourth-order valence-electron chi connectivity index (χ4n) is 5.56. The number of carbonyl (C=O) groups excluding carboxylic acids is 1. The molecule has 0 radical (unpaired) electrons. The van der Waals surface area contributed by atoms with Gasteiger partial charge in [-0.3, -0.25) is 9.78 Å². The van der Waals surface area contributed by atoms with Crippen LogP contribution in [0.4, 0.5) is 0 Å². The number of benzene rings is 5. The highest BCUT2D eigenvalue weighted by Crippen LogP contribution is 2.50. The molecule has 5 aromatic carbocycles. The molecule has 3 heteroatoms. The van der Waals surface area contributed by atoms with Gasteiger partial charge in [0.15, 0.2) is 0 Å². The summed E-state index contributed by atoms with van der Waals surface area (Å²) >= 11 is 0. The zero-order chi connectivity index (χ0) is 28.4. The monoisotopic (exact) mass is 532 g/mol. The molecule has 3 nitrogen and oxygen atoms in total. The third-order valence-corrected chi connectivity index (χ3v) is 7.17. The van der Waals surface area contributed by atoms with Crippen molar-refractivity contribution in [2.45, 2.75) is 26.3 Å². The molecule has 0 unspecified atom stereocenters. The largest absolute Gasteiger partial charge is 0.347 e. The Labute approximate surface area is 241 Å². The average molecular weight is 533 g/mol. The van der Waals surface area contributed by atoms with Crippen molar-refractivity contribution in [1.82, 2.24) is 10.3 Å². The summed E-state index contributed by atoms with van der Waals surface area (Å²) in [5.41, 5.74) is 9.45. The minimum atomic E-state index is -0.395. The van der Waals surface area contributed by atoms with Gasteiger partial charge in [0.2, 0.25) is 0 Å². The minimum absolute atomic E-state index is 0.118. The molecule has 0 spiro atoms. The van der Waals surface area contributed by atoms with E-state index >= 15 is 0 Å². The SMILES string of the molecule is CC(C)(C)NC(=O)c1ccnc2c(-c3ccccc3)c(-c3ccccc3)c(-c3ccccc3)c(-c3ccccc3)c12. The summed E-state index contributed by atoms with van der Waals surface area (Å²) in [6, 6.07) is 43.6. The van der Waals surface area contributed by atoms with Crippen molar-refractivity contribution < 1.29 is 4.79 Å². The molecule has 6 aromatic rings. The van der Waals surface area contributed by atoms with Gasteiger partial charge in [0.1, 0.15) is 0 Å². The molecule has 0 saturated carbocycles. The summed E-state index contributed by atoms with van der Waals surface area (Å²) in [7, 11) is 0. The average Bonchev–Trinajstić information content (AvgIpc) is 3.00. The molecule has 6 rings (SSSR count). The van der Waals surface area contributed by atoms with Crippen LogP contribution in [0.5, 0.6) is 0 Å². The fraction of sp³-hybridized carbons (Fsp3) is 0.105. The van der Waals surface area contributed by atoms with Crippen LogP contribution in [0.3, 0.4) is 0 Å². The first-order valence-electron chi connectivity index (χ1n) is 14.0. The zero-order valence-corrected chi connectivity index (χ0v) is 23.6. The van der Waals surface area contributed by atoms with E-state index in [0.717, 1.165) is 55.4 Å². The molecular weight excluding hydrogens is 500 g/mol. The molecule has 0 saturated heterocycles. The summed E-state index contributed by atoms with van der Waals surface area (Å²) in [5.74, 6) is -0.118. The van der Waals surface area contributed by atoms with Gasteiger partial charge in [0.05, 0.1) is 11.1 Å². The smallest absolute Gasteiger partial charge is 0.252 e. The molecule has 1 amide bonds. The predicted molar refractivity (Wildman–Crippen MR) is 171 cm³/mol. The predicted octanol–water partition coefficient (Wildman–Crippen LogP) is 9.43. The molecule has 0 aliphatic carbocycles. The Morgan fingerprint density at radius 2 is 0.927 bits per heavy atom. The van der Waals surface area contributed by atoms with Gasteiger partial charge < -0.3 is 5.32 Å². The Morgan fingerprint density at radius 1 is 0.537 bits per heavy atom. The van der Waals surface area contributed by atoms with Crippen molar-refractivity contribution >= 4 is 16.8 Å². The number of nitrogens with zero attached hydrogens (tertiary/aromatic N) is 1. The van der Waals surface area contributed by atoms with Crippen molar-refractivity contribution in [3.63, 3.8) is 0 Å². The van der Waals surface area contributed by atoms with Crippen LogP contribution in [-0.4, -0.2) is 16.4 Å². The quantitative estimate of drug-likeness (QED) is 0.240. The number of hydrogen-bond acceptors (Lipinski definition) is 2. The molecule has 1 aromatic heterocycles. The van der Waals surface area contributed by atoms with Crippen molar-refractivity contribution in [1.29, 1.82) is 0 Å². The van der Waals surface area contributed by atoms with Crippen molar-refractivity contribution in [2.24, 2.45) is 0 Å². The van der Waals surface area contributed by atoms with Gasteiger partial charge in [0.25, 0.3) is 5.91 Å². The van der Waals surface area contributed by atoms with E-state index in [-0.39, 0.29) is 5.91 Å². The van der Waals surface area contributed by atoms with Crippen molar-refractivity contribution in [2.75, 3.05) is 0 Å². The van der Waals surface area contributed by atoms with Gasteiger partial charge in [-0.25, -0.2) is 0 Å². The first-order chi connectivity index (χ1) is 19.9. The molecule has 0 atom stereocenters. The third kappa shape index (κ3) is 5.15. The summed E-state index contributed by atoms with van der Waals surface area (Å²) < 4.78 is 0. The lowest BCUT2D eigenvalue weighted by atomic mass is 9.79. The van der Waals surface area contributed by atoms with E-state index in [9.17, 15) is 4.79 Å². The standard InChI is InChI=1S/C38H32N2O/c1-38(2,3)40-37(41)30-24-25-39-36-34(29-22-14-7-15-23-29)32(27-18-10-5-11-19-27)31(26-16-8-4-9-17-26)33(35(30)36)28-20-12-6-13-21-28/h4-25H,1-3H3,(H,40,41). The Kier molecular flexibility index (Phi) is 6.94. The van der Waals surface area contributed by atoms with Crippen LogP contribution in [-0.2, 0) is 0 Å². The second-order valence-electron chi connectivity index (χ2n) is 11.3. The number of carbonyl (C=O) groups is 1. The first kappa shape index (κ1) is 26.2. The van der Waals surface area contributed by atoms with E-state index in [1.165, 1.54) is 0 Å². The third-order valence-electron chi connectivity index (χ3n) is 7.17. The van der Waals surface area contributed by atoms with Gasteiger partial charge >= 0.3 is 0 Å². The lowest BCUT2D eigenvalue weighted by Gasteiger charge is -2.26. The number of fused-ring (bicyclic) bond motifs is 1. The highest BCUT2D eigenvalue weighted by atomic mass is 16.1. The normalized spacial score (nSPS) is 11.4. The first-order valence-corrected chi connectivity index (χ1v) is 14.0.